The predicted octanol–water partition coefficient (Wildman–Crippen LogP) is 10.3. The zero-order valence-corrected chi connectivity index (χ0v) is 25.2. The van der Waals surface area contributed by atoms with E-state index in [0.29, 0.717) is 11.1 Å². The zero-order valence-electron chi connectivity index (χ0n) is 25.2. The van der Waals surface area contributed by atoms with Gasteiger partial charge in [-0.2, -0.15) is 0 Å². The molecule has 1 heterocycles. The summed E-state index contributed by atoms with van der Waals surface area (Å²) in [5.74, 6) is 1.16. The van der Waals surface area contributed by atoms with Crippen LogP contribution in [0.15, 0.2) is 66.7 Å². The molecule has 4 aliphatic rings. The largest absolute Gasteiger partial charge is 0.268 e. The number of carbonyl (C=O) groups excluding carboxylic acids is 2. The lowest BCUT2D eigenvalue weighted by Crippen LogP contribution is -2.41. The van der Waals surface area contributed by atoms with Crippen LogP contribution in [-0.2, 0) is 12.8 Å². The Morgan fingerprint density at radius 2 is 0.930 bits per heavy atom. The predicted molar refractivity (Wildman–Crippen MR) is 176 cm³/mol. The third kappa shape index (κ3) is 4.55. The van der Waals surface area contributed by atoms with E-state index in [1.165, 1.54) is 75.3 Å². The van der Waals surface area contributed by atoms with Gasteiger partial charge in [0.2, 0.25) is 0 Å². The lowest BCUT2D eigenvalue weighted by molar-refractivity contribution is 0.0893. The molecule has 3 nitrogen and oxygen atoms in total. The second kappa shape index (κ2) is 11.1. The number of nitrogens with zero attached hydrogens (tertiary/aromatic N) is 1. The van der Waals surface area contributed by atoms with E-state index in [0.717, 1.165) is 76.2 Å². The minimum Gasteiger partial charge on any atom is -0.268 e. The Bertz CT molecular complexity index is 1620. The molecule has 2 fully saturated rings. The van der Waals surface area contributed by atoms with E-state index in [1.807, 2.05) is 12.1 Å². The molecular weight excluding hydrogens is 526 g/mol. The number of amides is 2. The molecule has 0 aromatic heterocycles. The fraction of sp³-hybridized carbons (Fsp3) is 0.400. The van der Waals surface area contributed by atoms with Crippen molar-refractivity contribution in [3.05, 3.63) is 89.0 Å². The number of para-hydroxylation sites is 1. The molecule has 43 heavy (non-hydrogen) atoms. The maximum Gasteiger partial charge on any atom is 0.266 e. The molecule has 2 amide bonds. The third-order valence-corrected chi connectivity index (χ3v) is 11.1. The number of anilines is 1. The SMILES string of the molecule is O=C1c2ccc3c4c(ccc(c24)C(=O)N1c1c(CCC2CCCCC2)cccc1CCC1CCCCC1)-c1ccccc1-3. The molecule has 3 aliphatic carbocycles. The number of hydrogen-bond donors (Lipinski definition) is 0. The second-order valence-corrected chi connectivity index (χ2v) is 13.6. The smallest absolute Gasteiger partial charge is 0.266 e. The highest BCUT2D eigenvalue weighted by Crippen LogP contribution is 2.50. The first-order valence-electron chi connectivity index (χ1n) is 16.9. The van der Waals surface area contributed by atoms with Gasteiger partial charge in [-0.3, -0.25) is 9.59 Å². The number of fused-ring (bicyclic) bond motifs is 3. The Balaban J connectivity index is 1.21. The van der Waals surface area contributed by atoms with E-state index in [9.17, 15) is 9.59 Å². The summed E-state index contributed by atoms with van der Waals surface area (Å²) in [7, 11) is 0. The third-order valence-electron chi connectivity index (χ3n) is 11.1. The van der Waals surface area contributed by atoms with Crippen molar-refractivity contribution in [2.24, 2.45) is 11.8 Å². The summed E-state index contributed by atoms with van der Waals surface area (Å²) < 4.78 is 0. The summed E-state index contributed by atoms with van der Waals surface area (Å²) in [6, 6.07) is 23.1. The summed E-state index contributed by atoms with van der Waals surface area (Å²) in [6.07, 6.45) is 17.4. The topological polar surface area (TPSA) is 37.4 Å². The summed E-state index contributed by atoms with van der Waals surface area (Å²) in [4.78, 5) is 30.7. The average molecular weight is 568 g/mol. The van der Waals surface area contributed by atoms with Crippen molar-refractivity contribution in [1.29, 1.82) is 0 Å². The van der Waals surface area contributed by atoms with Crippen LogP contribution >= 0.6 is 0 Å². The van der Waals surface area contributed by atoms with Gasteiger partial charge in [-0.1, -0.05) is 119 Å². The van der Waals surface area contributed by atoms with Gasteiger partial charge in [0, 0.05) is 16.5 Å². The van der Waals surface area contributed by atoms with Crippen LogP contribution < -0.4 is 4.90 Å². The van der Waals surface area contributed by atoms with Crippen LogP contribution in [0.1, 0.15) is 109 Å². The van der Waals surface area contributed by atoms with Crippen molar-refractivity contribution in [2.75, 3.05) is 4.90 Å². The molecule has 0 radical (unpaired) electrons. The van der Waals surface area contributed by atoms with Crippen molar-refractivity contribution >= 4 is 28.3 Å². The molecule has 218 valence electrons. The summed E-state index contributed by atoms with van der Waals surface area (Å²) in [5, 5.41) is 1.89. The van der Waals surface area contributed by atoms with Crippen molar-refractivity contribution < 1.29 is 9.59 Å². The molecule has 8 rings (SSSR count). The normalized spacial score (nSPS) is 18.5. The molecule has 0 unspecified atom stereocenters. The Hall–Kier alpha value is -3.72. The molecular formula is C40H41NO2. The van der Waals surface area contributed by atoms with E-state index in [2.05, 4.69) is 54.6 Å². The van der Waals surface area contributed by atoms with Crippen molar-refractivity contribution in [3.63, 3.8) is 0 Å². The van der Waals surface area contributed by atoms with Gasteiger partial charge in [0.15, 0.2) is 0 Å². The Labute approximate surface area is 255 Å². The van der Waals surface area contributed by atoms with E-state index in [-0.39, 0.29) is 11.8 Å². The average Bonchev–Trinajstić information content (AvgIpc) is 3.39. The maximum absolute atomic E-state index is 14.6. The van der Waals surface area contributed by atoms with Gasteiger partial charge < -0.3 is 0 Å². The number of carbonyl (C=O) groups is 2. The molecule has 0 N–H and O–H groups in total. The second-order valence-electron chi connectivity index (χ2n) is 13.6. The Morgan fingerprint density at radius 1 is 0.488 bits per heavy atom. The quantitative estimate of drug-likeness (QED) is 0.183. The van der Waals surface area contributed by atoms with Gasteiger partial charge in [0.1, 0.15) is 0 Å². The molecule has 0 bridgehead atoms. The van der Waals surface area contributed by atoms with Crippen molar-refractivity contribution in [3.8, 4) is 22.3 Å². The van der Waals surface area contributed by atoms with Crippen LogP contribution in [0.5, 0.6) is 0 Å². The molecule has 1 aliphatic heterocycles. The minimum absolute atomic E-state index is 0.166. The highest BCUT2D eigenvalue weighted by atomic mass is 16.2. The highest BCUT2D eigenvalue weighted by molar-refractivity contribution is 6.38. The summed E-state index contributed by atoms with van der Waals surface area (Å²) in [6.45, 7) is 0. The van der Waals surface area contributed by atoms with E-state index >= 15 is 0 Å². The van der Waals surface area contributed by atoms with Crippen LogP contribution in [-0.4, -0.2) is 11.8 Å². The Morgan fingerprint density at radius 3 is 1.42 bits per heavy atom. The minimum atomic E-state index is -0.166. The van der Waals surface area contributed by atoms with E-state index in [1.54, 1.807) is 4.90 Å². The van der Waals surface area contributed by atoms with Crippen molar-refractivity contribution in [2.45, 2.75) is 89.9 Å². The first-order valence-corrected chi connectivity index (χ1v) is 16.9. The lowest BCUT2D eigenvalue weighted by Gasteiger charge is -2.32. The van der Waals surface area contributed by atoms with Crippen LogP contribution in [0, 0.1) is 11.8 Å². The number of aryl methyl sites for hydroxylation is 2. The standard InChI is InChI=1S/C40H41NO2/c42-39-34-24-22-32-30-16-7-8-17-31(30)33-23-25-35(37(34)36(32)33)40(43)41(39)38-28(20-18-26-10-3-1-4-11-26)14-9-15-29(38)21-19-27-12-5-2-6-13-27/h7-9,14-17,22-27H,1-6,10-13,18-21H2. The van der Waals surface area contributed by atoms with Gasteiger partial charge in [0.05, 0.1) is 5.69 Å². The summed E-state index contributed by atoms with van der Waals surface area (Å²) >= 11 is 0. The molecule has 0 saturated heterocycles. The van der Waals surface area contributed by atoms with E-state index < -0.39 is 0 Å². The molecule has 4 aromatic carbocycles. The number of rotatable bonds is 7. The van der Waals surface area contributed by atoms with Gasteiger partial charge in [-0.05, 0) is 88.4 Å². The van der Waals surface area contributed by atoms with Gasteiger partial charge in [-0.25, -0.2) is 4.90 Å². The van der Waals surface area contributed by atoms with Gasteiger partial charge in [0.25, 0.3) is 11.8 Å². The number of benzene rings is 4. The molecule has 3 heteroatoms. The lowest BCUT2D eigenvalue weighted by atomic mass is 9.83. The molecule has 4 aromatic rings. The van der Waals surface area contributed by atoms with Gasteiger partial charge >= 0.3 is 0 Å². The highest BCUT2D eigenvalue weighted by Gasteiger charge is 2.38. The van der Waals surface area contributed by atoms with Crippen molar-refractivity contribution in [1.82, 2.24) is 0 Å². The number of hydrogen-bond acceptors (Lipinski definition) is 2. The molecule has 0 spiro atoms. The first-order chi connectivity index (χ1) is 21.2. The maximum atomic E-state index is 14.6. The van der Waals surface area contributed by atoms with E-state index in [4.69, 9.17) is 0 Å². The van der Waals surface area contributed by atoms with Crippen LogP contribution in [0.2, 0.25) is 0 Å². The zero-order chi connectivity index (χ0) is 28.9. The summed E-state index contributed by atoms with van der Waals surface area (Å²) in [5.41, 5.74) is 9.14. The first kappa shape index (κ1) is 26.9. The van der Waals surface area contributed by atoms with Crippen LogP contribution in [0.3, 0.4) is 0 Å². The van der Waals surface area contributed by atoms with Crippen LogP contribution in [0.4, 0.5) is 5.69 Å². The molecule has 2 saturated carbocycles. The Kier molecular flexibility index (Phi) is 6.93. The fourth-order valence-electron chi connectivity index (χ4n) is 8.80. The number of imide groups is 1. The van der Waals surface area contributed by atoms with Crippen LogP contribution in [0.25, 0.3) is 33.0 Å². The molecule has 0 atom stereocenters. The van der Waals surface area contributed by atoms with Gasteiger partial charge in [-0.15, -0.1) is 0 Å². The monoisotopic (exact) mass is 567 g/mol. The fourth-order valence-corrected chi connectivity index (χ4v) is 8.80.